The molecule has 0 unspecified atom stereocenters. The van der Waals surface area contributed by atoms with E-state index in [9.17, 15) is 13.2 Å². The molecule has 1 atom stereocenters. The lowest BCUT2D eigenvalue weighted by Crippen LogP contribution is -2.47. The predicted molar refractivity (Wildman–Crippen MR) is 99.8 cm³/mol. The number of benzene rings is 2. The van der Waals surface area contributed by atoms with Crippen LogP contribution >= 0.6 is 0 Å². The Morgan fingerprint density at radius 3 is 2.46 bits per heavy atom. The van der Waals surface area contributed by atoms with E-state index >= 15 is 0 Å². The van der Waals surface area contributed by atoms with E-state index in [1.165, 1.54) is 6.07 Å². The van der Waals surface area contributed by atoms with Crippen LogP contribution < -0.4 is 4.72 Å². The Bertz CT molecular complexity index is 951. The molecule has 5 nitrogen and oxygen atoms in total. The van der Waals surface area contributed by atoms with Crippen LogP contribution in [0.25, 0.3) is 6.08 Å². The van der Waals surface area contributed by atoms with Crippen molar-refractivity contribution in [1.82, 2.24) is 4.72 Å². The first kappa shape index (κ1) is 18.4. The van der Waals surface area contributed by atoms with E-state index < -0.39 is 21.5 Å². The van der Waals surface area contributed by atoms with E-state index in [0.717, 1.165) is 11.1 Å². The summed E-state index contributed by atoms with van der Waals surface area (Å²) in [5.74, 6) is -0.589. The van der Waals surface area contributed by atoms with Gasteiger partial charge in [-0.25, -0.2) is 13.2 Å². The third kappa shape index (κ3) is 3.30. The molecular formula is C20H21NO4S. The van der Waals surface area contributed by atoms with Gasteiger partial charge in [-0.1, -0.05) is 60.2 Å². The van der Waals surface area contributed by atoms with E-state index in [1.807, 2.05) is 43.3 Å². The SMILES string of the molecule is CCOC(=O)[C@]1(C/C(C)=C/c2ccccc2)NS(=O)(=O)c2ccccc21. The molecule has 0 saturated heterocycles. The second-order valence-electron chi connectivity index (χ2n) is 6.31. The summed E-state index contributed by atoms with van der Waals surface area (Å²) < 4.78 is 33.0. The van der Waals surface area contributed by atoms with Crippen molar-refractivity contribution in [1.29, 1.82) is 0 Å². The van der Waals surface area contributed by atoms with Crippen LogP contribution in [0.3, 0.4) is 0 Å². The molecule has 1 aliphatic heterocycles. The van der Waals surface area contributed by atoms with Crippen molar-refractivity contribution in [3.8, 4) is 0 Å². The average molecular weight is 371 g/mol. The van der Waals surface area contributed by atoms with Gasteiger partial charge in [-0.3, -0.25) is 0 Å². The quantitative estimate of drug-likeness (QED) is 0.819. The number of ether oxygens (including phenoxy) is 1. The Hall–Kier alpha value is -2.44. The van der Waals surface area contributed by atoms with Gasteiger partial charge in [0.2, 0.25) is 10.0 Å². The van der Waals surface area contributed by atoms with Crippen LogP contribution in [-0.2, 0) is 25.1 Å². The van der Waals surface area contributed by atoms with Crippen LogP contribution in [0.5, 0.6) is 0 Å². The molecule has 2 aromatic rings. The van der Waals surface area contributed by atoms with E-state index in [4.69, 9.17) is 4.74 Å². The Morgan fingerprint density at radius 1 is 1.12 bits per heavy atom. The van der Waals surface area contributed by atoms with E-state index in [1.54, 1.807) is 25.1 Å². The first-order valence-corrected chi connectivity index (χ1v) is 9.90. The van der Waals surface area contributed by atoms with E-state index in [-0.39, 0.29) is 17.9 Å². The minimum Gasteiger partial charge on any atom is -0.464 e. The summed E-state index contributed by atoms with van der Waals surface area (Å²) in [7, 11) is -3.77. The third-order valence-corrected chi connectivity index (χ3v) is 5.88. The summed E-state index contributed by atoms with van der Waals surface area (Å²) in [6.45, 7) is 3.75. The van der Waals surface area contributed by atoms with Gasteiger partial charge >= 0.3 is 5.97 Å². The highest BCUT2D eigenvalue weighted by atomic mass is 32.2. The van der Waals surface area contributed by atoms with E-state index in [0.29, 0.717) is 5.56 Å². The molecule has 1 N–H and O–H groups in total. The zero-order valence-electron chi connectivity index (χ0n) is 14.7. The molecule has 0 saturated carbocycles. The van der Waals surface area contributed by atoms with Gasteiger partial charge in [0, 0.05) is 12.0 Å². The standard InChI is InChI=1S/C20H21NO4S/c1-3-25-19(22)20(14-15(2)13-16-9-5-4-6-10-16)17-11-7-8-12-18(17)26(23,24)21-20/h4-13,21H,3,14H2,1-2H3/b15-13+/t20-/m1/s1. The maximum Gasteiger partial charge on any atom is 0.332 e. The van der Waals surface area contributed by atoms with Gasteiger partial charge in [0.1, 0.15) is 0 Å². The maximum atomic E-state index is 12.8. The lowest BCUT2D eigenvalue weighted by molar-refractivity contribution is -0.150. The fraction of sp³-hybridized carbons (Fsp3) is 0.250. The van der Waals surface area contributed by atoms with Gasteiger partial charge in [0.05, 0.1) is 11.5 Å². The largest absolute Gasteiger partial charge is 0.464 e. The van der Waals surface area contributed by atoms with Gasteiger partial charge in [-0.2, -0.15) is 4.72 Å². The molecule has 0 fully saturated rings. The normalized spacial score (nSPS) is 21.2. The fourth-order valence-corrected chi connectivity index (χ4v) is 4.93. The molecule has 26 heavy (non-hydrogen) atoms. The summed E-state index contributed by atoms with van der Waals surface area (Å²) in [6, 6.07) is 16.2. The van der Waals surface area contributed by atoms with Crippen molar-refractivity contribution in [3.05, 3.63) is 71.3 Å². The highest BCUT2D eigenvalue weighted by Crippen LogP contribution is 2.41. The molecule has 0 aliphatic carbocycles. The summed E-state index contributed by atoms with van der Waals surface area (Å²) >= 11 is 0. The van der Waals surface area contributed by atoms with Gasteiger partial charge in [-0.05, 0) is 25.5 Å². The molecule has 0 radical (unpaired) electrons. The third-order valence-electron chi connectivity index (χ3n) is 4.33. The number of carbonyl (C=O) groups excluding carboxylic acids is 1. The van der Waals surface area contributed by atoms with Gasteiger partial charge < -0.3 is 4.74 Å². The Balaban J connectivity index is 2.08. The molecular weight excluding hydrogens is 350 g/mol. The van der Waals surface area contributed by atoms with Crippen molar-refractivity contribution >= 4 is 22.1 Å². The monoisotopic (exact) mass is 371 g/mol. The van der Waals surface area contributed by atoms with Crippen molar-refractivity contribution < 1.29 is 17.9 Å². The van der Waals surface area contributed by atoms with Crippen molar-refractivity contribution in [2.45, 2.75) is 30.7 Å². The molecule has 136 valence electrons. The molecule has 0 spiro atoms. The van der Waals surface area contributed by atoms with E-state index in [2.05, 4.69) is 4.72 Å². The molecule has 3 rings (SSSR count). The number of carbonyl (C=O) groups is 1. The maximum absolute atomic E-state index is 12.8. The van der Waals surface area contributed by atoms with Crippen LogP contribution in [0.1, 0.15) is 31.4 Å². The van der Waals surface area contributed by atoms with Crippen LogP contribution in [-0.4, -0.2) is 21.0 Å². The average Bonchev–Trinajstić information content (AvgIpc) is 2.84. The smallest absolute Gasteiger partial charge is 0.332 e. The Kier molecular flexibility index (Phi) is 4.98. The van der Waals surface area contributed by atoms with Gasteiger partial charge in [0.15, 0.2) is 5.54 Å². The lowest BCUT2D eigenvalue weighted by Gasteiger charge is -2.27. The van der Waals surface area contributed by atoms with Gasteiger partial charge in [0.25, 0.3) is 0 Å². The minimum atomic E-state index is -3.77. The van der Waals surface area contributed by atoms with Crippen LogP contribution in [0, 0.1) is 0 Å². The molecule has 1 heterocycles. The number of hydrogen-bond acceptors (Lipinski definition) is 4. The minimum absolute atomic E-state index is 0.126. The summed E-state index contributed by atoms with van der Waals surface area (Å²) in [5, 5.41) is 0. The molecule has 6 heteroatoms. The molecule has 0 bridgehead atoms. The predicted octanol–water partition coefficient (Wildman–Crippen LogP) is 3.23. The zero-order valence-corrected chi connectivity index (χ0v) is 15.5. The van der Waals surface area contributed by atoms with Crippen LogP contribution in [0.15, 0.2) is 65.1 Å². The lowest BCUT2D eigenvalue weighted by atomic mass is 9.84. The number of nitrogens with one attached hydrogen (secondary N) is 1. The second-order valence-corrected chi connectivity index (χ2v) is 7.96. The van der Waals surface area contributed by atoms with Crippen molar-refractivity contribution in [2.75, 3.05) is 6.61 Å². The highest BCUT2D eigenvalue weighted by molar-refractivity contribution is 7.90. The zero-order chi connectivity index (χ0) is 18.8. The highest BCUT2D eigenvalue weighted by Gasteiger charge is 2.52. The van der Waals surface area contributed by atoms with Crippen LogP contribution in [0.4, 0.5) is 0 Å². The Morgan fingerprint density at radius 2 is 1.77 bits per heavy atom. The van der Waals surface area contributed by atoms with Gasteiger partial charge in [-0.15, -0.1) is 0 Å². The van der Waals surface area contributed by atoms with Crippen molar-refractivity contribution in [2.24, 2.45) is 0 Å². The summed E-state index contributed by atoms with van der Waals surface area (Å²) in [5.41, 5.74) is 0.835. The second kappa shape index (κ2) is 7.05. The molecule has 0 amide bonds. The molecule has 1 aliphatic rings. The fourth-order valence-electron chi connectivity index (χ4n) is 3.31. The molecule has 0 aromatic heterocycles. The number of rotatable bonds is 5. The van der Waals surface area contributed by atoms with Crippen LogP contribution in [0.2, 0.25) is 0 Å². The number of hydrogen-bond donors (Lipinski definition) is 1. The number of fused-ring (bicyclic) bond motifs is 1. The summed E-state index contributed by atoms with van der Waals surface area (Å²) in [6.07, 6.45) is 2.13. The first-order chi connectivity index (χ1) is 12.4. The van der Waals surface area contributed by atoms with Crippen molar-refractivity contribution in [3.63, 3.8) is 0 Å². The first-order valence-electron chi connectivity index (χ1n) is 8.42. The molecule has 2 aromatic carbocycles. The number of esters is 1. The topological polar surface area (TPSA) is 72.5 Å². The number of sulfonamides is 1. The summed E-state index contributed by atoms with van der Waals surface area (Å²) in [4.78, 5) is 13.0. The Labute approximate surface area is 153 Å².